The maximum Gasteiger partial charge on any atom is 0.332 e. The maximum absolute atomic E-state index is 10.3. The minimum Gasteiger partial charge on any atom is -0.478 e. The Morgan fingerprint density at radius 2 is 2.10 bits per heavy atom. The number of carboxylic acids is 1. The zero-order valence-corrected chi connectivity index (χ0v) is 6.48. The van der Waals surface area contributed by atoms with Gasteiger partial charge in [-0.1, -0.05) is 11.6 Å². The zero-order chi connectivity index (χ0) is 7.72. The lowest BCUT2D eigenvalue weighted by Gasteiger charge is -1.96. The number of hydrogen-bond acceptors (Lipinski definition) is 1. The zero-order valence-electron chi connectivity index (χ0n) is 5.72. The molecule has 0 aromatic heterocycles. The van der Waals surface area contributed by atoms with Gasteiger partial charge in [0.25, 0.3) is 0 Å². The van der Waals surface area contributed by atoms with Gasteiger partial charge in [0.1, 0.15) is 0 Å². The molecule has 1 aliphatic carbocycles. The topological polar surface area (TPSA) is 37.3 Å². The van der Waals surface area contributed by atoms with E-state index in [0.29, 0.717) is 16.5 Å². The fourth-order valence-electron chi connectivity index (χ4n) is 0.745. The normalized spacial score (nSPS) is 20.2. The Morgan fingerprint density at radius 1 is 1.60 bits per heavy atom. The van der Waals surface area contributed by atoms with Crippen LogP contribution in [0.15, 0.2) is 10.6 Å². The van der Waals surface area contributed by atoms with Gasteiger partial charge in [0.15, 0.2) is 0 Å². The SMILES string of the molecule is CC(C(=O)O)=C(Cl)C1CC1. The molecular formula is C7H9ClO2. The van der Waals surface area contributed by atoms with Crippen molar-refractivity contribution in [3.63, 3.8) is 0 Å². The lowest BCUT2D eigenvalue weighted by atomic mass is 10.2. The van der Waals surface area contributed by atoms with Crippen molar-refractivity contribution in [2.75, 3.05) is 0 Å². The molecule has 1 aliphatic rings. The van der Waals surface area contributed by atoms with E-state index in [4.69, 9.17) is 16.7 Å². The lowest BCUT2D eigenvalue weighted by molar-refractivity contribution is -0.132. The molecular weight excluding hydrogens is 152 g/mol. The smallest absolute Gasteiger partial charge is 0.332 e. The first-order valence-corrected chi connectivity index (χ1v) is 3.60. The molecule has 0 aromatic rings. The third-order valence-electron chi connectivity index (χ3n) is 1.61. The highest BCUT2D eigenvalue weighted by Crippen LogP contribution is 2.40. The summed E-state index contributed by atoms with van der Waals surface area (Å²) in [7, 11) is 0. The van der Waals surface area contributed by atoms with Crippen LogP contribution in [0, 0.1) is 5.92 Å². The van der Waals surface area contributed by atoms with Gasteiger partial charge in [0.2, 0.25) is 0 Å². The second-order valence-electron chi connectivity index (χ2n) is 2.55. The van der Waals surface area contributed by atoms with Gasteiger partial charge in [-0.25, -0.2) is 4.79 Å². The number of rotatable bonds is 2. The molecule has 10 heavy (non-hydrogen) atoms. The first-order valence-electron chi connectivity index (χ1n) is 3.22. The first-order chi connectivity index (χ1) is 4.63. The predicted molar refractivity (Wildman–Crippen MR) is 38.9 cm³/mol. The van der Waals surface area contributed by atoms with E-state index < -0.39 is 5.97 Å². The fourth-order valence-corrected chi connectivity index (χ4v) is 1.04. The number of hydrogen-bond donors (Lipinski definition) is 1. The van der Waals surface area contributed by atoms with E-state index in [1.54, 1.807) is 6.92 Å². The Hall–Kier alpha value is -0.500. The molecule has 0 bridgehead atoms. The monoisotopic (exact) mass is 160 g/mol. The van der Waals surface area contributed by atoms with Crippen molar-refractivity contribution in [2.24, 2.45) is 5.92 Å². The average molecular weight is 161 g/mol. The number of allylic oxidation sites excluding steroid dienone is 1. The molecule has 0 unspecified atom stereocenters. The van der Waals surface area contributed by atoms with Gasteiger partial charge in [-0.15, -0.1) is 0 Å². The van der Waals surface area contributed by atoms with Crippen LogP contribution in [0.4, 0.5) is 0 Å². The summed E-state index contributed by atoms with van der Waals surface area (Å²) < 4.78 is 0. The molecule has 0 spiro atoms. The van der Waals surface area contributed by atoms with Gasteiger partial charge < -0.3 is 5.11 Å². The molecule has 0 aromatic carbocycles. The molecule has 1 rings (SSSR count). The summed E-state index contributed by atoms with van der Waals surface area (Å²) >= 11 is 5.72. The van der Waals surface area contributed by atoms with Gasteiger partial charge in [-0.05, 0) is 25.7 Å². The summed E-state index contributed by atoms with van der Waals surface area (Å²) in [6, 6.07) is 0. The highest BCUT2D eigenvalue weighted by atomic mass is 35.5. The second kappa shape index (κ2) is 2.62. The molecule has 56 valence electrons. The third kappa shape index (κ3) is 1.51. The van der Waals surface area contributed by atoms with Crippen LogP contribution in [0.2, 0.25) is 0 Å². The first kappa shape index (κ1) is 7.61. The van der Waals surface area contributed by atoms with Gasteiger partial charge in [0.05, 0.1) is 0 Å². The Bertz CT molecular complexity index is 192. The Labute approximate surface area is 64.5 Å². The van der Waals surface area contributed by atoms with Crippen LogP contribution >= 0.6 is 11.6 Å². The summed E-state index contributed by atoms with van der Waals surface area (Å²) in [5, 5.41) is 9.02. The second-order valence-corrected chi connectivity index (χ2v) is 2.96. The Balaban J connectivity index is 2.71. The van der Waals surface area contributed by atoms with E-state index in [-0.39, 0.29) is 0 Å². The van der Waals surface area contributed by atoms with Crippen molar-refractivity contribution in [3.8, 4) is 0 Å². The molecule has 0 radical (unpaired) electrons. The van der Waals surface area contributed by atoms with Crippen LogP contribution < -0.4 is 0 Å². The summed E-state index contributed by atoms with van der Waals surface area (Å²) in [6.45, 7) is 1.54. The van der Waals surface area contributed by atoms with Crippen molar-refractivity contribution < 1.29 is 9.90 Å². The number of aliphatic carboxylic acids is 1. The van der Waals surface area contributed by atoms with Crippen molar-refractivity contribution in [3.05, 3.63) is 10.6 Å². The van der Waals surface area contributed by atoms with Crippen LogP contribution in [0.1, 0.15) is 19.8 Å². The summed E-state index contributed by atoms with van der Waals surface area (Å²) in [6.07, 6.45) is 2.09. The van der Waals surface area contributed by atoms with Gasteiger partial charge in [0, 0.05) is 10.6 Å². The molecule has 0 heterocycles. The van der Waals surface area contributed by atoms with Crippen LogP contribution in [0.25, 0.3) is 0 Å². The Morgan fingerprint density at radius 3 is 2.40 bits per heavy atom. The standard InChI is InChI=1S/C7H9ClO2/c1-4(7(9)10)6(8)5-2-3-5/h5H,2-3H2,1H3,(H,9,10). The molecule has 1 N–H and O–H groups in total. The lowest BCUT2D eigenvalue weighted by Crippen LogP contribution is -1.98. The Kier molecular flexibility index (Phi) is 2.00. The van der Waals surface area contributed by atoms with Crippen molar-refractivity contribution in [1.82, 2.24) is 0 Å². The van der Waals surface area contributed by atoms with E-state index >= 15 is 0 Å². The molecule has 3 heteroatoms. The van der Waals surface area contributed by atoms with Crippen molar-refractivity contribution >= 4 is 17.6 Å². The van der Waals surface area contributed by atoms with E-state index in [1.165, 1.54) is 0 Å². The molecule has 1 saturated carbocycles. The average Bonchev–Trinajstić information content (AvgIpc) is 2.65. The third-order valence-corrected chi connectivity index (χ3v) is 2.21. The van der Waals surface area contributed by atoms with Crippen LogP contribution in [0.5, 0.6) is 0 Å². The van der Waals surface area contributed by atoms with E-state index in [9.17, 15) is 4.79 Å². The number of carbonyl (C=O) groups is 1. The van der Waals surface area contributed by atoms with Crippen LogP contribution in [0.3, 0.4) is 0 Å². The minimum absolute atomic E-state index is 0.296. The quantitative estimate of drug-likeness (QED) is 0.628. The molecule has 0 amide bonds. The predicted octanol–water partition coefficient (Wildman–Crippen LogP) is 1.99. The highest BCUT2D eigenvalue weighted by molar-refractivity contribution is 6.32. The van der Waals surface area contributed by atoms with Crippen LogP contribution in [-0.2, 0) is 4.79 Å². The van der Waals surface area contributed by atoms with E-state index in [1.807, 2.05) is 0 Å². The molecule has 0 atom stereocenters. The van der Waals surface area contributed by atoms with Gasteiger partial charge in [-0.2, -0.15) is 0 Å². The molecule has 0 aliphatic heterocycles. The molecule has 1 fully saturated rings. The number of halogens is 1. The van der Waals surface area contributed by atoms with Gasteiger partial charge in [-0.3, -0.25) is 0 Å². The van der Waals surface area contributed by atoms with Crippen molar-refractivity contribution in [2.45, 2.75) is 19.8 Å². The van der Waals surface area contributed by atoms with Crippen LogP contribution in [-0.4, -0.2) is 11.1 Å². The molecule has 2 nitrogen and oxygen atoms in total. The van der Waals surface area contributed by atoms with E-state index in [2.05, 4.69) is 0 Å². The fraction of sp³-hybridized carbons (Fsp3) is 0.571. The molecule has 0 saturated heterocycles. The summed E-state index contributed by atoms with van der Waals surface area (Å²) in [5.41, 5.74) is 0.296. The minimum atomic E-state index is -0.906. The summed E-state index contributed by atoms with van der Waals surface area (Å²) in [4.78, 5) is 10.3. The highest BCUT2D eigenvalue weighted by Gasteiger charge is 2.27. The summed E-state index contributed by atoms with van der Waals surface area (Å²) in [5.74, 6) is -0.560. The van der Waals surface area contributed by atoms with Gasteiger partial charge >= 0.3 is 5.97 Å². The van der Waals surface area contributed by atoms with Crippen molar-refractivity contribution in [1.29, 1.82) is 0 Å². The maximum atomic E-state index is 10.3. The van der Waals surface area contributed by atoms with E-state index in [0.717, 1.165) is 12.8 Å². The largest absolute Gasteiger partial charge is 0.478 e. The number of carboxylic acid groups (broad SMARTS) is 1.